The molecule has 0 radical (unpaired) electrons. The predicted molar refractivity (Wildman–Crippen MR) is 42.1 cm³/mol. The van der Waals surface area contributed by atoms with E-state index in [1.54, 1.807) is 0 Å². The number of aromatic nitrogens is 3. The van der Waals surface area contributed by atoms with Gasteiger partial charge in [-0.1, -0.05) is 13.8 Å². The maximum Gasteiger partial charge on any atom is 0.0859 e. The molecule has 11 heavy (non-hydrogen) atoms. The molecule has 1 N–H and O–H groups in total. The van der Waals surface area contributed by atoms with Crippen molar-refractivity contribution in [3.8, 4) is 0 Å². The van der Waals surface area contributed by atoms with Crippen molar-refractivity contribution in [3.63, 3.8) is 0 Å². The molecule has 0 fully saturated rings. The molecule has 0 spiro atoms. The van der Waals surface area contributed by atoms with Crippen molar-refractivity contribution in [2.24, 2.45) is 11.8 Å². The highest BCUT2D eigenvalue weighted by Gasteiger charge is 2.24. The maximum absolute atomic E-state index is 4.11. The Labute approximate surface area is 66.2 Å². The zero-order valence-electron chi connectivity index (χ0n) is 6.96. The minimum absolute atomic E-state index is 0.757. The fourth-order valence-electron chi connectivity index (χ4n) is 1.61. The van der Waals surface area contributed by atoms with Crippen LogP contribution in [0, 0.1) is 11.8 Å². The number of rotatable bonds is 0. The molecule has 1 heterocycles. The number of fused-ring (bicyclic) bond motifs is 1. The van der Waals surface area contributed by atoms with Gasteiger partial charge in [-0.2, -0.15) is 15.4 Å². The third-order valence-electron chi connectivity index (χ3n) is 2.71. The molecule has 0 saturated heterocycles. The average Bonchev–Trinajstić information content (AvgIpc) is 2.36. The van der Waals surface area contributed by atoms with Crippen LogP contribution in [-0.2, 0) is 12.8 Å². The van der Waals surface area contributed by atoms with Crippen LogP contribution in [0.2, 0.25) is 0 Å². The van der Waals surface area contributed by atoms with Crippen molar-refractivity contribution in [2.75, 3.05) is 0 Å². The lowest BCUT2D eigenvalue weighted by Gasteiger charge is -2.23. The second-order valence-electron chi connectivity index (χ2n) is 3.58. The van der Waals surface area contributed by atoms with Gasteiger partial charge in [0.2, 0.25) is 0 Å². The van der Waals surface area contributed by atoms with Crippen molar-refractivity contribution in [1.82, 2.24) is 15.4 Å². The molecule has 0 aromatic carbocycles. The van der Waals surface area contributed by atoms with Crippen LogP contribution in [0.15, 0.2) is 0 Å². The third-order valence-corrected chi connectivity index (χ3v) is 2.71. The van der Waals surface area contributed by atoms with Gasteiger partial charge in [-0.3, -0.25) is 0 Å². The fourth-order valence-corrected chi connectivity index (χ4v) is 1.61. The van der Waals surface area contributed by atoms with Crippen LogP contribution >= 0.6 is 0 Å². The Hall–Kier alpha value is -0.860. The fraction of sp³-hybridized carbons (Fsp3) is 0.750. The molecule has 3 nitrogen and oxygen atoms in total. The van der Waals surface area contributed by atoms with E-state index in [2.05, 4.69) is 29.3 Å². The van der Waals surface area contributed by atoms with E-state index in [0.717, 1.165) is 24.7 Å². The SMILES string of the molecule is CC1Cc2n[nH]nc2CC1C. The van der Waals surface area contributed by atoms with E-state index < -0.39 is 0 Å². The largest absolute Gasteiger partial charge is 0.197 e. The summed E-state index contributed by atoms with van der Waals surface area (Å²) in [6, 6.07) is 0. The highest BCUT2D eigenvalue weighted by molar-refractivity contribution is 5.13. The monoisotopic (exact) mass is 151 g/mol. The average molecular weight is 151 g/mol. The Kier molecular flexibility index (Phi) is 1.44. The van der Waals surface area contributed by atoms with Crippen LogP contribution in [0.5, 0.6) is 0 Å². The molecule has 0 bridgehead atoms. The summed E-state index contributed by atoms with van der Waals surface area (Å²) in [5.74, 6) is 1.51. The molecular formula is C8H13N3. The Morgan fingerprint density at radius 1 is 1.09 bits per heavy atom. The van der Waals surface area contributed by atoms with Crippen LogP contribution in [-0.4, -0.2) is 15.4 Å². The molecule has 0 amide bonds. The van der Waals surface area contributed by atoms with Crippen molar-refractivity contribution < 1.29 is 0 Å². The molecule has 1 aromatic heterocycles. The molecule has 60 valence electrons. The molecule has 1 aliphatic carbocycles. The number of aromatic amines is 1. The van der Waals surface area contributed by atoms with Crippen LogP contribution < -0.4 is 0 Å². The van der Waals surface area contributed by atoms with Gasteiger partial charge in [-0.15, -0.1) is 0 Å². The van der Waals surface area contributed by atoms with Crippen LogP contribution in [0.1, 0.15) is 25.2 Å². The summed E-state index contributed by atoms with van der Waals surface area (Å²) in [5, 5.41) is 10.9. The number of H-pyrrole nitrogens is 1. The predicted octanol–water partition coefficient (Wildman–Crippen LogP) is 1.18. The lowest BCUT2D eigenvalue weighted by atomic mass is 9.82. The van der Waals surface area contributed by atoms with Gasteiger partial charge < -0.3 is 0 Å². The summed E-state index contributed by atoms with van der Waals surface area (Å²) in [4.78, 5) is 0. The second-order valence-corrected chi connectivity index (χ2v) is 3.58. The van der Waals surface area contributed by atoms with Crippen molar-refractivity contribution in [2.45, 2.75) is 26.7 Å². The number of nitrogens with one attached hydrogen (secondary N) is 1. The number of hydrogen-bond donors (Lipinski definition) is 1. The van der Waals surface area contributed by atoms with Gasteiger partial charge in [-0.25, -0.2) is 0 Å². The zero-order chi connectivity index (χ0) is 7.84. The van der Waals surface area contributed by atoms with Gasteiger partial charge in [0.15, 0.2) is 0 Å². The van der Waals surface area contributed by atoms with E-state index in [9.17, 15) is 0 Å². The van der Waals surface area contributed by atoms with Crippen molar-refractivity contribution in [3.05, 3.63) is 11.4 Å². The smallest absolute Gasteiger partial charge is 0.0859 e. The molecule has 1 aliphatic rings. The highest BCUT2D eigenvalue weighted by Crippen LogP contribution is 2.26. The first-order valence-electron chi connectivity index (χ1n) is 4.16. The molecule has 0 aliphatic heterocycles. The zero-order valence-corrected chi connectivity index (χ0v) is 6.96. The number of nitrogens with zero attached hydrogens (tertiary/aromatic N) is 2. The van der Waals surface area contributed by atoms with E-state index in [1.165, 1.54) is 11.4 Å². The lowest BCUT2D eigenvalue weighted by molar-refractivity contribution is 0.355. The summed E-state index contributed by atoms with van der Waals surface area (Å²) in [5.41, 5.74) is 2.35. The minimum Gasteiger partial charge on any atom is -0.197 e. The third kappa shape index (κ3) is 1.04. The first-order chi connectivity index (χ1) is 5.27. The normalized spacial score (nSPS) is 30.0. The quantitative estimate of drug-likeness (QED) is 0.605. The van der Waals surface area contributed by atoms with Gasteiger partial charge in [0.25, 0.3) is 0 Å². The van der Waals surface area contributed by atoms with Gasteiger partial charge in [-0.05, 0) is 24.7 Å². The van der Waals surface area contributed by atoms with Gasteiger partial charge in [0, 0.05) is 0 Å². The van der Waals surface area contributed by atoms with Gasteiger partial charge >= 0.3 is 0 Å². The van der Waals surface area contributed by atoms with E-state index in [4.69, 9.17) is 0 Å². The van der Waals surface area contributed by atoms with Crippen molar-refractivity contribution >= 4 is 0 Å². The number of hydrogen-bond acceptors (Lipinski definition) is 2. The minimum atomic E-state index is 0.757. The van der Waals surface area contributed by atoms with Gasteiger partial charge in [0.05, 0.1) is 11.4 Å². The Morgan fingerprint density at radius 3 is 2.00 bits per heavy atom. The van der Waals surface area contributed by atoms with E-state index >= 15 is 0 Å². The summed E-state index contributed by atoms with van der Waals surface area (Å²) in [6.45, 7) is 4.56. The molecule has 2 unspecified atom stereocenters. The molecule has 1 aromatic rings. The van der Waals surface area contributed by atoms with E-state index in [0.29, 0.717) is 0 Å². The topological polar surface area (TPSA) is 41.6 Å². The van der Waals surface area contributed by atoms with Crippen LogP contribution in [0.3, 0.4) is 0 Å². The maximum atomic E-state index is 4.11. The first-order valence-corrected chi connectivity index (χ1v) is 4.16. The van der Waals surface area contributed by atoms with E-state index in [-0.39, 0.29) is 0 Å². The Morgan fingerprint density at radius 2 is 1.55 bits per heavy atom. The van der Waals surface area contributed by atoms with Crippen LogP contribution in [0.4, 0.5) is 0 Å². The van der Waals surface area contributed by atoms with Crippen LogP contribution in [0.25, 0.3) is 0 Å². The van der Waals surface area contributed by atoms with Crippen molar-refractivity contribution in [1.29, 1.82) is 0 Å². The summed E-state index contributed by atoms with van der Waals surface area (Å²) in [7, 11) is 0. The summed E-state index contributed by atoms with van der Waals surface area (Å²) in [6.07, 6.45) is 2.18. The molecule has 2 atom stereocenters. The van der Waals surface area contributed by atoms with Gasteiger partial charge in [0.1, 0.15) is 0 Å². The molecule has 3 heteroatoms. The summed E-state index contributed by atoms with van der Waals surface area (Å²) < 4.78 is 0. The standard InChI is InChI=1S/C8H13N3/c1-5-3-7-8(4-6(5)2)10-11-9-7/h5-6H,3-4H2,1-2H3,(H,9,10,11). The first kappa shape index (κ1) is 6.83. The highest BCUT2D eigenvalue weighted by atomic mass is 15.3. The molecular weight excluding hydrogens is 138 g/mol. The van der Waals surface area contributed by atoms with E-state index in [1.807, 2.05) is 0 Å². The Bertz CT molecular complexity index is 229. The molecule has 2 rings (SSSR count). The summed E-state index contributed by atoms with van der Waals surface area (Å²) >= 11 is 0. The lowest BCUT2D eigenvalue weighted by Crippen LogP contribution is -2.20. The Balaban J connectivity index is 2.30. The molecule has 0 saturated carbocycles. The second kappa shape index (κ2) is 2.32.